The van der Waals surface area contributed by atoms with Gasteiger partial charge < -0.3 is 15.5 Å². The van der Waals surface area contributed by atoms with Gasteiger partial charge in [-0.1, -0.05) is 32.3 Å². The minimum absolute atomic E-state index is 0. The molecule has 0 aliphatic heterocycles. The molecule has 24 heavy (non-hydrogen) atoms. The summed E-state index contributed by atoms with van der Waals surface area (Å²) in [4.78, 5) is 7.98. The molecule has 0 spiro atoms. The molecule has 140 valence electrons. The summed E-state index contributed by atoms with van der Waals surface area (Å²) in [6.07, 6.45) is 6.48. The Morgan fingerprint density at radius 1 is 1.17 bits per heavy atom. The zero-order valence-electron chi connectivity index (χ0n) is 15.7. The van der Waals surface area contributed by atoms with Crippen molar-refractivity contribution in [1.82, 2.24) is 15.5 Å². The number of nitrogens with one attached hydrogen (secondary N) is 2. The van der Waals surface area contributed by atoms with Crippen LogP contribution in [0.4, 0.5) is 0 Å². The maximum atomic E-state index is 4.30. The third-order valence-electron chi connectivity index (χ3n) is 3.90. The molecule has 0 fully saturated rings. The zero-order chi connectivity index (χ0) is 16.9. The second-order valence-electron chi connectivity index (χ2n) is 6.37. The van der Waals surface area contributed by atoms with Crippen LogP contribution in [-0.2, 0) is 0 Å². The first-order chi connectivity index (χ1) is 11.1. The van der Waals surface area contributed by atoms with Gasteiger partial charge in [0, 0.05) is 30.9 Å². The third kappa shape index (κ3) is 11.3. The van der Waals surface area contributed by atoms with E-state index in [1.165, 1.54) is 43.5 Å². The average Bonchev–Trinajstić information content (AvgIpc) is 3.06. The lowest BCUT2D eigenvalue weighted by molar-refractivity contribution is 0.389. The molecule has 2 N–H and O–H groups in total. The molecule has 1 aromatic heterocycles. The van der Waals surface area contributed by atoms with Gasteiger partial charge in [-0.05, 0) is 44.9 Å². The first kappa shape index (κ1) is 23.7. The van der Waals surface area contributed by atoms with Crippen molar-refractivity contribution in [3.05, 3.63) is 22.4 Å². The van der Waals surface area contributed by atoms with Crippen LogP contribution in [0.15, 0.2) is 22.5 Å². The largest absolute Gasteiger partial charge is 0.356 e. The molecular formula is C18H35IN4S. The van der Waals surface area contributed by atoms with E-state index in [-0.39, 0.29) is 24.0 Å². The normalized spacial score (nSPS) is 12.8. The highest BCUT2D eigenvalue weighted by atomic mass is 127. The van der Waals surface area contributed by atoms with E-state index in [4.69, 9.17) is 0 Å². The highest BCUT2D eigenvalue weighted by Gasteiger charge is 2.07. The molecule has 0 amide bonds. The molecule has 0 saturated heterocycles. The summed E-state index contributed by atoms with van der Waals surface area (Å²) in [5.41, 5.74) is 0. The molecule has 0 bridgehead atoms. The number of guanidine groups is 1. The lowest BCUT2D eigenvalue weighted by Gasteiger charge is -2.15. The topological polar surface area (TPSA) is 39.7 Å². The van der Waals surface area contributed by atoms with Crippen LogP contribution in [0.25, 0.3) is 0 Å². The number of halogens is 1. The van der Waals surface area contributed by atoms with Gasteiger partial charge in [0.05, 0.1) is 0 Å². The predicted molar refractivity (Wildman–Crippen MR) is 119 cm³/mol. The summed E-state index contributed by atoms with van der Waals surface area (Å²) in [6, 6.07) is 4.31. The van der Waals surface area contributed by atoms with Crippen LogP contribution in [0, 0.1) is 0 Å². The number of nitrogens with zero attached hydrogens (tertiary/aromatic N) is 2. The Morgan fingerprint density at radius 3 is 2.50 bits per heavy atom. The molecular weight excluding hydrogens is 431 g/mol. The van der Waals surface area contributed by atoms with E-state index in [2.05, 4.69) is 59.1 Å². The monoisotopic (exact) mass is 466 g/mol. The van der Waals surface area contributed by atoms with Gasteiger partial charge in [0.2, 0.25) is 0 Å². The Balaban J connectivity index is 0.00000529. The van der Waals surface area contributed by atoms with Gasteiger partial charge in [-0.3, -0.25) is 4.99 Å². The number of hydrogen-bond donors (Lipinski definition) is 2. The summed E-state index contributed by atoms with van der Waals surface area (Å²) in [5, 5.41) is 8.97. The molecule has 1 aromatic rings. The number of aliphatic imine (C=N–C) groups is 1. The van der Waals surface area contributed by atoms with Crippen LogP contribution in [0.3, 0.4) is 0 Å². The van der Waals surface area contributed by atoms with Crippen LogP contribution in [0.1, 0.15) is 49.8 Å². The standard InChI is InChI=1S/C18H34N4S.HI/c1-16(17-11-10-14-23-17)15-21-18(19-2)20-12-8-6-5-7-9-13-22(3)4;/h10-11,14,16H,5-9,12-13,15H2,1-4H3,(H2,19,20,21);1H. The minimum atomic E-state index is 0. The molecule has 0 radical (unpaired) electrons. The fourth-order valence-electron chi connectivity index (χ4n) is 2.43. The van der Waals surface area contributed by atoms with Gasteiger partial charge in [0.25, 0.3) is 0 Å². The molecule has 0 saturated carbocycles. The van der Waals surface area contributed by atoms with E-state index in [0.29, 0.717) is 5.92 Å². The summed E-state index contributed by atoms with van der Waals surface area (Å²) in [6.45, 7) is 5.38. The van der Waals surface area contributed by atoms with Gasteiger partial charge in [-0.2, -0.15) is 0 Å². The Hall–Kier alpha value is -0.340. The average molecular weight is 466 g/mol. The first-order valence-electron chi connectivity index (χ1n) is 8.76. The quantitative estimate of drug-likeness (QED) is 0.223. The van der Waals surface area contributed by atoms with E-state index in [1.54, 1.807) is 0 Å². The Bertz CT molecular complexity index is 421. The predicted octanol–water partition coefficient (Wildman–Crippen LogP) is 4.15. The Kier molecular flexibility index (Phi) is 14.7. The smallest absolute Gasteiger partial charge is 0.190 e. The van der Waals surface area contributed by atoms with Gasteiger partial charge in [0.15, 0.2) is 5.96 Å². The Labute approximate surface area is 169 Å². The highest BCUT2D eigenvalue weighted by molar-refractivity contribution is 14.0. The molecule has 0 aromatic carbocycles. The van der Waals surface area contributed by atoms with E-state index in [0.717, 1.165) is 19.0 Å². The van der Waals surface area contributed by atoms with Crippen LogP contribution in [-0.4, -0.2) is 51.6 Å². The van der Waals surface area contributed by atoms with Crippen LogP contribution in [0.2, 0.25) is 0 Å². The summed E-state index contributed by atoms with van der Waals surface area (Å²) in [7, 11) is 6.12. The van der Waals surface area contributed by atoms with Gasteiger partial charge >= 0.3 is 0 Å². The molecule has 4 nitrogen and oxygen atoms in total. The lowest BCUT2D eigenvalue weighted by atomic mass is 10.1. The molecule has 0 aliphatic carbocycles. The molecule has 1 heterocycles. The zero-order valence-corrected chi connectivity index (χ0v) is 18.8. The van der Waals surface area contributed by atoms with E-state index >= 15 is 0 Å². The fourth-order valence-corrected chi connectivity index (χ4v) is 3.22. The number of thiophene rings is 1. The van der Waals surface area contributed by atoms with Crippen molar-refractivity contribution in [2.24, 2.45) is 4.99 Å². The fraction of sp³-hybridized carbons (Fsp3) is 0.722. The van der Waals surface area contributed by atoms with Crippen molar-refractivity contribution in [1.29, 1.82) is 0 Å². The van der Waals surface area contributed by atoms with Crippen molar-refractivity contribution in [2.45, 2.75) is 44.9 Å². The summed E-state index contributed by atoms with van der Waals surface area (Å²) < 4.78 is 0. The van der Waals surface area contributed by atoms with Crippen molar-refractivity contribution < 1.29 is 0 Å². The summed E-state index contributed by atoms with van der Waals surface area (Å²) >= 11 is 1.82. The maximum Gasteiger partial charge on any atom is 0.190 e. The van der Waals surface area contributed by atoms with Crippen molar-refractivity contribution in [2.75, 3.05) is 40.8 Å². The van der Waals surface area contributed by atoms with Crippen LogP contribution < -0.4 is 10.6 Å². The second-order valence-corrected chi connectivity index (χ2v) is 7.35. The van der Waals surface area contributed by atoms with E-state index in [9.17, 15) is 0 Å². The third-order valence-corrected chi connectivity index (χ3v) is 5.01. The van der Waals surface area contributed by atoms with Crippen LogP contribution in [0.5, 0.6) is 0 Å². The molecule has 1 rings (SSSR count). The molecule has 0 aliphatic rings. The number of rotatable bonds is 11. The van der Waals surface area contributed by atoms with Crippen LogP contribution >= 0.6 is 35.3 Å². The van der Waals surface area contributed by atoms with Crippen molar-refractivity contribution >= 4 is 41.3 Å². The number of unbranched alkanes of at least 4 members (excludes halogenated alkanes) is 4. The Morgan fingerprint density at radius 2 is 1.88 bits per heavy atom. The van der Waals surface area contributed by atoms with Crippen molar-refractivity contribution in [3.63, 3.8) is 0 Å². The molecule has 1 atom stereocenters. The lowest BCUT2D eigenvalue weighted by Crippen LogP contribution is -2.39. The second kappa shape index (κ2) is 15.0. The number of hydrogen-bond acceptors (Lipinski definition) is 3. The van der Waals surface area contributed by atoms with E-state index in [1.807, 2.05) is 18.4 Å². The van der Waals surface area contributed by atoms with Gasteiger partial charge in [-0.25, -0.2) is 0 Å². The minimum Gasteiger partial charge on any atom is -0.356 e. The highest BCUT2D eigenvalue weighted by Crippen LogP contribution is 2.19. The first-order valence-corrected chi connectivity index (χ1v) is 9.64. The molecule has 1 unspecified atom stereocenters. The summed E-state index contributed by atoms with van der Waals surface area (Å²) in [5.74, 6) is 1.44. The molecule has 6 heteroatoms. The van der Waals surface area contributed by atoms with Crippen molar-refractivity contribution in [3.8, 4) is 0 Å². The SMILES string of the molecule is CN=C(NCCCCCCCN(C)C)NCC(C)c1cccs1.I. The van der Waals surface area contributed by atoms with Gasteiger partial charge in [0.1, 0.15) is 0 Å². The van der Waals surface area contributed by atoms with Gasteiger partial charge in [-0.15, -0.1) is 35.3 Å². The van der Waals surface area contributed by atoms with E-state index < -0.39 is 0 Å². The maximum absolute atomic E-state index is 4.30.